The summed E-state index contributed by atoms with van der Waals surface area (Å²) in [5.41, 5.74) is -0.211. The predicted octanol–water partition coefficient (Wildman–Crippen LogP) is -1.13. The summed E-state index contributed by atoms with van der Waals surface area (Å²) in [7, 11) is 1.75. The molecule has 5 saturated heterocycles. The number of alkyl halides is 1. The molecule has 0 aromatic heterocycles. The zero-order valence-electron chi connectivity index (χ0n) is 20.6. The van der Waals surface area contributed by atoms with Crippen LogP contribution in [0.1, 0.15) is 19.8 Å². The summed E-state index contributed by atoms with van der Waals surface area (Å²) in [4.78, 5) is 28.4. The first-order chi connectivity index (χ1) is 16.9. The topological polar surface area (TPSA) is 119 Å². The number of ether oxygens (including phenoxy) is 1. The van der Waals surface area contributed by atoms with Gasteiger partial charge in [-0.15, -0.1) is 23.4 Å². The van der Waals surface area contributed by atoms with E-state index in [2.05, 4.69) is 38.8 Å². The molecule has 5 aliphatic heterocycles. The van der Waals surface area contributed by atoms with Gasteiger partial charge in [0, 0.05) is 70.4 Å². The van der Waals surface area contributed by atoms with Gasteiger partial charge in [0.1, 0.15) is 5.50 Å². The number of nitrogens with one attached hydrogen (secondary N) is 6. The molecule has 35 heavy (non-hydrogen) atoms. The molecule has 12 heteroatoms. The van der Waals surface area contributed by atoms with Gasteiger partial charge in [-0.05, 0) is 31.6 Å². The van der Waals surface area contributed by atoms with Gasteiger partial charge in [-0.2, -0.15) is 0 Å². The summed E-state index contributed by atoms with van der Waals surface area (Å²) < 4.78 is 5.80. The Balaban J connectivity index is 1.16. The van der Waals surface area contributed by atoms with Crippen molar-refractivity contribution in [3.05, 3.63) is 0 Å². The molecule has 9 unspecified atom stereocenters. The van der Waals surface area contributed by atoms with Gasteiger partial charge in [0.05, 0.1) is 23.4 Å². The highest BCUT2D eigenvalue weighted by molar-refractivity contribution is 8.00. The zero-order chi connectivity index (χ0) is 24.5. The second-order valence-corrected chi connectivity index (χ2v) is 12.6. The van der Waals surface area contributed by atoms with Crippen molar-refractivity contribution in [3.8, 4) is 0 Å². The van der Waals surface area contributed by atoms with Gasteiger partial charge in [0.2, 0.25) is 11.8 Å². The fourth-order valence-electron chi connectivity index (χ4n) is 6.53. The lowest BCUT2D eigenvalue weighted by molar-refractivity contribution is -0.135. The van der Waals surface area contributed by atoms with Crippen LogP contribution in [0.25, 0.3) is 0 Å². The summed E-state index contributed by atoms with van der Waals surface area (Å²) in [6.07, 6.45) is 1.80. The molecule has 0 aliphatic carbocycles. The van der Waals surface area contributed by atoms with Gasteiger partial charge in [-0.3, -0.25) is 20.2 Å². The van der Waals surface area contributed by atoms with Gasteiger partial charge in [0.15, 0.2) is 0 Å². The molecule has 10 nitrogen and oxygen atoms in total. The Labute approximate surface area is 217 Å². The number of nitrogens with zero attached hydrogens (tertiary/aromatic N) is 1. The Morgan fingerprint density at radius 1 is 1.06 bits per heavy atom. The van der Waals surface area contributed by atoms with Crippen molar-refractivity contribution in [2.75, 3.05) is 53.0 Å². The number of hydrogen-bond acceptors (Lipinski definition) is 9. The first kappa shape index (κ1) is 26.0. The molecule has 0 bridgehead atoms. The second-order valence-electron chi connectivity index (χ2n) is 10.7. The zero-order valence-corrected chi connectivity index (χ0v) is 22.2. The van der Waals surface area contributed by atoms with Crippen molar-refractivity contribution >= 4 is 35.2 Å². The molecule has 0 saturated carbocycles. The van der Waals surface area contributed by atoms with Crippen LogP contribution in [0.2, 0.25) is 0 Å². The predicted molar refractivity (Wildman–Crippen MR) is 137 cm³/mol. The van der Waals surface area contributed by atoms with Crippen LogP contribution in [-0.4, -0.2) is 104 Å². The number of likely N-dealkylation sites (tertiary alicyclic amines) is 1. The normalized spacial score (nSPS) is 42.6. The molecule has 198 valence electrons. The van der Waals surface area contributed by atoms with E-state index in [9.17, 15) is 9.59 Å². The lowest BCUT2D eigenvalue weighted by Gasteiger charge is -2.45. The molecule has 5 aliphatic rings. The van der Waals surface area contributed by atoms with Gasteiger partial charge in [-0.1, -0.05) is 0 Å². The van der Waals surface area contributed by atoms with E-state index in [0.29, 0.717) is 30.9 Å². The van der Waals surface area contributed by atoms with Crippen molar-refractivity contribution in [1.82, 2.24) is 36.8 Å². The smallest absolute Gasteiger partial charge is 0.228 e. The number of rotatable bonds is 5. The van der Waals surface area contributed by atoms with Crippen LogP contribution in [0.5, 0.6) is 0 Å². The third kappa shape index (κ3) is 5.77. The van der Waals surface area contributed by atoms with E-state index < -0.39 is 0 Å². The number of methoxy groups -OCH3 is 1. The van der Waals surface area contributed by atoms with Crippen LogP contribution in [-0.2, 0) is 14.3 Å². The summed E-state index contributed by atoms with van der Waals surface area (Å²) >= 11 is 8.20. The quantitative estimate of drug-likeness (QED) is 0.194. The van der Waals surface area contributed by atoms with Crippen molar-refractivity contribution in [2.45, 2.75) is 54.2 Å². The second kappa shape index (κ2) is 11.4. The Bertz CT molecular complexity index is 761. The molecule has 0 aromatic carbocycles. The molecule has 0 aromatic rings. The number of halogens is 1. The van der Waals surface area contributed by atoms with Crippen molar-refractivity contribution in [1.29, 1.82) is 0 Å². The summed E-state index contributed by atoms with van der Waals surface area (Å²) in [5, 5.41) is 20.4. The van der Waals surface area contributed by atoms with Crippen LogP contribution in [0, 0.1) is 23.7 Å². The van der Waals surface area contributed by atoms with Crippen LogP contribution in [0.3, 0.4) is 0 Å². The van der Waals surface area contributed by atoms with Gasteiger partial charge < -0.3 is 30.9 Å². The lowest BCUT2D eigenvalue weighted by Crippen LogP contribution is -2.57. The highest BCUT2D eigenvalue weighted by atomic mass is 35.5. The molecule has 0 radical (unpaired) electrons. The molecule has 5 heterocycles. The third-order valence-electron chi connectivity index (χ3n) is 8.42. The van der Waals surface area contributed by atoms with Crippen LogP contribution in [0.4, 0.5) is 0 Å². The average Bonchev–Trinajstić information content (AvgIpc) is 3.42. The lowest BCUT2D eigenvalue weighted by atomic mass is 9.70. The number of carbonyl (C=O) groups is 2. The summed E-state index contributed by atoms with van der Waals surface area (Å²) in [5.74, 6) is 0.653. The fraction of sp³-hybridized carbons (Fsp3) is 0.913. The third-order valence-corrected chi connectivity index (χ3v) is 10.1. The van der Waals surface area contributed by atoms with E-state index in [1.54, 1.807) is 18.9 Å². The standard InChI is InChI=1S/C23H40ClN7O3S/c1-12-3-14(15-4-20(24)28-8-18(15)34-2)16(7-27-12)21(32)30-23-29-17-9-31(10-19(17)35-23)22(33)13-5-25-11-26-6-13/h12-20,23,25-29H,3-11H2,1-2H3,(H,30,32). The van der Waals surface area contributed by atoms with Crippen molar-refractivity contribution in [2.24, 2.45) is 23.7 Å². The van der Waals surface area contributed by atoms with Gasteiger partial charge >= 0.3 is 0 Å². The average molecular weight is 530 g/mol. The number of thioether (sulfide) groups is 1. The van der Waals surface area contributed by atoms with E-state index in [0.717, 1.165) is 39.1 Å². The minimum atomic E-state index is -0.125. The largest absolute Gasteiger partial charge is 0.380 e. The first-order valence-electron chi connectivity index (χ1n) is 13.0. The van der Waals surface area contributed by atoms with Crippen molar-refractivity contribution in [3.63, 3.8) is 0 Å². The Hall–Kier alpha value is -0.660. The Kier molecular flexibility index (Phi) is 8.45. The van der Waals surface area contributed by atoms with Crippen LogP contribution >= 0.6 is 23.4 Å². The minimum Gasteiger partial charge on any atom is -0.380 e. The van der Waals surface area contributed by atoms with Crippen LogP contribution < -0.4 is 31.9 Å². The Morgan fingerprint density at radius 3 is 2.60 bits per heavy atom. The van der Waals surface area contributed by atoms with E-state index in [-0.39, 0.29) is 58.6 Å². The highest BCUT2D eigenvalue weighted by Crippen LogP contribution is 2.38. The molecule has 5 rings (SSSR count). The highest BCUT2D eigenvalue weighted by Gasteiger charge is 2.47. The van der Waals surface area contributed by atoms with E-state index in [1.165, 1.54) is 0 Å². The number of fused-ring (bicyclic) bond motifs is 1. The minimum absolute atomic E-state index is 0.000276. The summed E-state index contributed by atoms with van der Waals surface area (Å²) in [6, 6.07) is 0.569. The molecule has 9 atom stereocenters. The molecule has 6 N–H and O–H groups in total. The SMILES string of the molecule is COC1CNC(Cl)CC1C1CC(C)NCC1C(=O)NC1NC2CN(C(=O)C3CNCNC3)CC2S1. The molecule has 2 amide bonds. The van der Waals surface area contributed by atoms with Gasteiger partial charge in [-0.25, -0.2) is 0 Å². The maximum absolute atomic E-state index is 13.5. The molecule has 0 spiro atoms. The molecule has 5 fully saturated rings. The first-order valence-corrected chi connectivity index (χ1v) is 14.4. The van der Waals surface area contributed by atoms with E-state index >= 15 is 0 Å². The molecular formula is C23H40ClN7O3S. The van der Waals surface area contributed by atoms with E-state index in [4.69, 9.17) is 16.3 Å². The Morgan fingerprint density at radius 2 is 1.86 bits per heavy atom. The van der Waals surface area contributed by atoms with Crippen LogP contribution in [0.15, 0.2) is 0 Å². The van der Waals surface area contributed by atoms with E-state index in [1.807, 2.05) is 4.90 Å². The summed E-state index contributed by atoms with van der Waals surface area (Å²) in [6.45, 7) is 7.23. The number of piperidine rings is 2. The fourth-order valence-corrected chi connectivity index (χ4v) is 8.23. The van der Waals surface area contributed by atoms with Gasteiger partial charge in [0.25, 0.3) is 0 Å². The maximum atomic E-state index is 13.5. The maximum Gasteiger partial charge on any atom is 0.228 e. The number of carbonyl (C=O) groups excluding carboxylic acids is 2. The van der Waals surface area contributed by atoms with Crippen molar-refractivity contribution < 1.29 is 14.3 Å². The monoisotopic (exact) mass is 529 g/mol. The molecular weight excluding hydrogens is 490 g/mol. The number of amides is 2. The number of hydrogen-bond donors (Lipinski definition) is 6.